The second-order valence-corrected chi connectivity index (χ2v) is 10.3. The Hall–Kier alpha value is -2.31. The van der Waals surface area contributed by atoms with E-state index in [1.54, 1.807) is 23.3 Å². The van der Waals surface area contributed by atoms with E-state index in [0.29, 0.717) is 18.0 Å². The van der Waals surface area contributed by atoms with Crippen LogP contribution in [0.4, 0.5) is 0 Å². The van der Waals surface area contributed by atoms with Gasteiger partial charge in [-0.3, -0.25) is 4.79 Å². The molecule has 3 aromatic rings. The fraction of sp³-hybridized carbons (Fsp3) is 0.318. The standard InChI is InChI=1S/C22H22ClNO4S/c1-15-2-7-20-17(13-28-21(20)10-15)11-22(25)24(19-8-9-29(26,27)14-19)12-16-3-5-18(23)6-4-16/h2-7,10,13,19H,8-9,11-12,14H2,1H3. The number of nitrogens with zero attached hydrogens (tertiary/aromatic N) is 1. The van der Waals surface area contributed by atoms with E-state index in [1.165, 1.54) is 0 Å². The first-order chi connectivity index (χ1) is 13.8. The smallest absolute Gasteiger partial charge is 0.227 e. The number of hydrogen-bond acceptors (Lipinski definition) is 4. The lowest BCUT2D eigenvalue weighted by Gasteiger charge is -2.28. The molecule has 0 aliphatic carbocycles. The van der Waals surface area contributed by atoms with Crippen LogP contribution in [0.3, 0.4) is 0 Å². The summed E-state index contributed by atoms with van der Waals surface area (Å²) in [6.07, 6.45) is 2.25. The molecule has 1 saturated heterocycles. The molecular weight excluding hydrogens is 410 g/mol. The third-order valence-electron chi connectivity index (χ3n) is 5.39. The number of benzene rings is 2. The first-order valence-electron chi connectivity index (χ1n) is 9.52. The lowest BCUT2D eigenvalue weighted by Crippen LogP contribution is -2.41. The summed E-state index contributed by atoms with van der Waals surface area (Å²) in [6.45, 7) is 2.34. The third-order valence-corrected chi connectivity index (χ3v) is 7.39. The van der Waals surface area contributed by atoms with Crippen molar-refractivity contribution < 1.29 is 17.6 Å². The average molecular weight is 432 g/mol. The molecule has 0 spiro atoms. The minimum atomic E-state index is -3.11. The largest absolute Gasteiger partial charge is 0.464 e. The van der Waals surface area contributed by atoms with Crippen molar-refractivity contribution in [2.45, 2.75) is 32.4 Å². The molecule has 0 N–H and O–H groups in total. The van der Waals surface area contributed by atoms with Crippen LogP contribution >= 0.6 is 11.6 Å². The van der Waals surface area contributed by atoms with Crippen LogP contribution in [0.25, 0.3) is 11.0 Å². The maximum Gasteiger partial charge on any atom is 0.227 e. The number of fused-ring (bicyclic) bond motifs is 1. The Kier molecular flexibility index (Phi) is 5.40. The van der Waals surface area contributed by atoms with Crippen LogP contribution in [0, 0.1) is 6.92 Å². The number of aryl methyl sites for hydroxylation is 1. The van der Waals surface area contributed by atoms with Crippen molar-refractivity contribution >= 4 is 38.3 Å². The molecule has 1 fully saturated rings. The molecule has 4 rings (SSSR count). The highest BCUT2D eigenvalue weighted by atomic mass is 35.5. The summed E-state index contributed by atoms with van der Waals surface area (Å²) in [6, 6.07) is 12.8. The van der Waals surface area contributed by atoms with E-state index in [-0.39, 0.29) is 29.9 Å². The Morgan fingerprint density at radius 2 is 1.97 bits per heavy atom. The van der Waals surface area contributed by atoms with E-state index >= 15 is 0 Å². The van der Waals surface area contributed by atoms with Gasteiger partial charge in [0, 0.05) is 28.6 Å². The second kappa shape index (κ2) is 7.84. The number of hydrogen-bond donors (Lipinski definition) is 0. The Bertz CT molecular complexity index is 1150. The first kappa shape index (κ1) is 20.0. The van der Waals surface area contributed by atoms with Gasteiger partial charge >= 0.3 is 0 Å². The van der Waals surface area contributed by atoms with Crippen LogP contribution in [0.5, 0.6) is 0 Å². The topological polar surface area (TPSA) is 67.6 Å². The van der Waals surface area contributed by atoms with Crippen LogP contribution in [0.2, 0.25) is 5.02 Å². The van der Waals surface area contributed by atoms with Crippen molar-refractivity contribution in [1.29, 1.82) is 0 Å². The number of carbonyl (C=O) groups excluding carboxylic acids is 1. The van der Waals surface area contributed by atoms with E-state index in [9.17, 15) is 13.2 Å². The summed E-state index contributed by atoms with van der Waals surface area (Å²) in [5.74, 6) is 0.0264. The van der Waals surface area contributed by atoms with E-state index in [2.05, 4.69) is 0 Å². The zero-order valence-corrected chi connectivity index (χ0v) is 17.7. The quantitative estimate of drug-likeness (QED) is 0.608. The van der Waals surface area contributed by atoms with Crippen molar-refractivity contribution in [2.24, 2.45) is 0 Å². The van der Waals surface area contributed by atoms with E-state index in [1.807, 2.05) is 37.3 Å². The summed E-state index contributed by atoms with van der Waals surface area (Å²) in [4.78, 5) is 14.9. The molecule has 0 radical (unpaired) electrons. The van der Waals surface area contributed by atoms with E-state index < -0.39 is 9.84 Å². The molecule has 152 valence electrons. The minimum absolute atomic E-state index is 0.0116. The molecule has 1 atom stereocenters. The highest BCUT2D eigenvalue weighted by molar-refractivity contribution is 7.91. The van der Waals surface area contributed by atoms with Gasteiger partial charge in [-0.15, -0.1) is 0 Å². The van der Waals surface area contributed by atoms with Crippen LogP contribution < -0.4 is 0 Å². The molecule has 2 aromatic carbocycles. The zero-order chi connectivity index (χ0) is 20.6. The fourth-order valence-corrected chi connectivity index (χ4v) is 5.68. The van der Waals surface area contributed by atoms with Gasteiger partial charge in [-0.05, 0) is 42.7 Å². The molecule has 0 bridgehead atoms. The Labute approximate surface area is 175 Å². The predicted octanol–water partition coefficient (Wildman–Crippen LogP) is 4.15. The number of carbonyl (C=O) groups is 1. The highest BCUT2D eigenvalue weighted by Crippen LogP contribution is 2.26. The molecule has 1 unspecified atom stereocenters. The van der Waals surface area contributed by atoms with Crippen molar-refractivity contribution in [3.05, 3.63) is 70.4 Å². The van der Waals surface area contributed by atoms with Gasteiger partial charge in [0.2, 0.25) is 5.91 Å². The fourth-order valence-electron chi connectivity index (χ4n) is 3.82. The maximum atomic E-state index is 13.3. The third kappa shape index (κ3) is 4.49. The van der Waals surface area contributed by atoms with Gasteiger partial charge in [0.1, 0.15) is 5.58 Å². The first-order valence-corrected chi connectivity index (χ1v) is 11.7. The number of amides is 1. The predicted molar refractivity (Wildman–Crippen MR) is 114 cm³/mol. The molecule has 0 saturated carbocycles. The second-order valence-electron chi connectivity index (χ2n) is 7.64. The molecule has 7 heteroatoms. The summed E-state index contributed by atoms with van der Waals surface area (Å²) in [7, 11) is -3.11. The monoisotopic (exact) mass is 431 g/mol. The summed E-state index contributed by atoms with van der Waals surface area (Å²) >= 11 is 5.97. The Morgan fingerprint density at radius 1 is 1.21 bits per heavy atom. The molecular formula is C22H22ClNO4S. The number of furan rings is 1. The van der Waals surface area contributed by atoms with Crippen LogP contribution in [0.15, 0.2) is 53.1 Å². The van der Waals surface area contributed by atoms with Crippen LogP contribution in [0.1, 0.15) is 23.1 Å². The number of rotatable bonds is 5. The summed E-state index contributed by atoms with van der Waals surface area (Å²) < 4.78 is 29.7. The van der Waals surface area contributed by atoms with Crippen molar-refractivity contribution in [3.8, 4) is 0 Å². The van der Waals surface area contributed by atoms with Gasteiger partial charge in [0.25, 0.3) is 0 Å². The maximum absolute atomic E-state index is 13.3. The number of sulfone groups is 1. The Balaban J connectivity index is 1.60. The van der Waals surface area contributed by atoms with Gasteiger partial charge < -0.3 is 9.32 Å². The molecule has 2 heterocycles. The van der Waals surface area contributed by atoms with Crippen LogP contribution in [-0.4, -0.2) is 36.8 Å². The molecule has 1 aromatic heterocycles. The van der Waals surface area contributed by atoms with Gasteiger partial charge in [0.05, 0.1) is 24.2 Å². The lowest BCUT2D eigenvalue weighted by molar-refractivity contribution is -0.133. The van der Waals surface area contributed by atoms with E-state index in [0.717, 1.165) is 27.7 Å². The minimum Gasteiger partial charge on any atom is -0.464 e. The van der Waals surface area contributed by atoms with Gasteiger partial charge in [-0.2, -0.15) is 0 Å². The Morgan fingerprint density at radius 3 is 2.66 bits per heavy atom. The zero-order valence-electron chi connectivity index (χ0n) is 16.1. The van der Waals surface area contributed by atoms with Crippen LogP contribution in [-0.2, 0) is 27.6 Å². The van der Waals surface area contributed by atoms with Gasteiger partial charge in [0.15, 0.2) is 9.84 Å². The number of halogens is 1. The van der Waals surface area contributed by atoms with Crippen molar-refractivity contribution in [2.75, 3.05) is 11.5 Å². The average Bonchev–Trinajstić information content (AvgIpc) is 3.23. The molecule has 1 amide bonds. The normalized spacial score (nSPS) is 18.2. The summed E-state index contributed by atoms with van der Waals surface area (Å²) in [5, 5.41) is 1.53. The van der Waals surface area contributed by atoms with Crippen molar-refractivity contribution in [1.82, 2.24) is 4.90 Å². The molecule has 1 aliphatic rings. The highest BCUT2D eigenvalue weighted by Gasteiger charge is 2.34. The lowest BCUT2D eigenvalue weighted by atomic mass is 10.1. The van der Waals surface area contributed by atoms with Gasteiger partial charge in [-0.25, -0.2) is 8.42 Å². The summed E-state index contributed by atoms with van der Waals surface area (Å²) in [5.41, 5.74) is 3.57. The van der Waals surface area contributed by atoms with E-state index in [4.69, 9.17) is 16.0 Å². The molecule has 5 nitrogen and oxygen atoms in total. The molecule has 29 heavy (non-hydrogen) atoms. The SMILES string of the molecule is Cc1ccc2c(CC(=O)N(Cc3ccc(Cl)cc3)C3CCS(=O)(=O)C3)coc2c1. The van der Waals surface area contributed by atoms with Gasteiger partial charge in [-0.1, -0.05) is 35.9 Å². The van der Waals surface area contributed by atoms with Crippen molar-refractivity contribution in [3.63, 3.8) is 0 Å². The molecule has 1 aliphatic heterocycles.